The van der Waals surface area contributed by atoms with Crippen molar-refractivity contribution < 1.29 is 18.7 Å². The Morgan fingerprint density at radius 3 is 2.89 bits per heavy atom. The van der Waals surface area contributed by atoms with Gasteiger partial charge in [0.15, 0.2) is 0 Å². The minimum Gasteiger partial charge on any atom is -0.477 e. The fourth-order valence-corrected chi connectivity index (χ4v) is 3.66. The molecule has 0 bridgehead atoms. The van der Waals surface area contributed by atoms with Gasteiger partial charge in [0.25, 0.3) is 0 Å². The van der Waals surface area contributed by atoms with Gasteiger partial charge in [-0.05, 0) is 49.8 Å². The number of hydrogen-bond acceptors (Lipinski definition) is 6. The largest absolute Gasteiger partial charge is 0.477 e. The molecule has 0 spiro atoms. The van der Waals surface area contributed by atoms with E-state index in [0.717, 1.165) is 34.2 Å². The number of aryl methyl sites for hydroxylation is 2. The van der Waals surface area contributed by atoms with Crippen molar-refractivity contribution >= 4 is 16.9 Å². The zero-order valence-electron chi connectivity index (χ0n) is 15.9. The van der Waals surface area contributed by atoms with Crippen LogP contribution in [0.25, 0.3) is 11.0 Å². The van der Waals surface area contributed by atoms with Crippen LogP contribution in [0.1, 0.15) is 49.3 Å². The van der Waals surface area contributed by atoms with E-state index in [1.165, 1.54) is 18.9 Å². The van der Waals surface area contributed by atoms with Gasteiger partial charge in [-0.2, -0.15) is 0 Å². The maximum Gasteiger partial charge on any atom is 0.336 e. The van der Waals surface area contributed by atoms with Crippen molar-refractivity contribution in [3.05, 3.63) is 39.2 Å². The molecule has 0 saturated heterocycles. The SMILES string of the molecule is CCCOC(=O)CCc1cc2c(C)cc(=O)oc2c2c1OCN(C1CC1)C2. The topological polar surface area (TPSA) is 69.0 Å². The second-order valence-electron chi connectivity index (χ2n) is 7.44. The average Bonchev–Trinajstić information content (AvgIpc) is 3.49. The number of carbonyl (C=O) groups excluding carboxylic acids is 1. The molecule has 0 amide bonds. The number of carbonyl (C=O) groups is 1. The molecule has 0 atom stereocenters. The Hall–Kier alpha value is -2.34. The predicted molar refractivity (Wildman–Crippen MR) is 101 cm³/mol. The van der Waals surface area contributed by atoms with Crippen LogP contribution in [0.4, 0.5) is 0 Å². The van der Waals surface area contributed by atoms with Crippen LogP contribution in [0.2, 0.25) is 0 Å². The fourth-order valence-electron chi connectivity index (χ4n) is 3.66. The Kier molecular flexibility index (Phi) is 4.91. The molecule has 1 aliphatic heterocycles. The van der Waals surface area contributed by atoms with Gasteiger partial charge in [0.2, 0.25) is 0 Å². The fraction of sp³-hybridized carbons (Fsp3) is 0.524. The van der Waals surface area contributed by atoms with Gasteiger partial charge in [-0.3, -0.25) is 9.69 Å². The summed E-state index contributed by atoms with van der Waals surface area (Å²) < 4.78 is 16.8. The van der Waals surface area contributed by atoms with Crippen molar-refractivity contribution in [3.8, 4) is 5.75 Å². The first-order valence-electron chi connectivity index (χ1n) is 9.68. The first-order chi connectivity index (χ1) is 13.1. The summed E-state index contributed by atoms with van der Waals surface area (Å²) in [5, 5.41) is 0.909. The Balaban J connectivity index is 1.71. The van der Waals surface area contributed by atoms with Crippen LogP contribution < -0.4 is 10.4 Å². The van der Waals surface area contributed by atoms with Crippen LogP contribution in [0.5, 0.6) is 5.75 Å². The number of fused-ring (bicyclic) bond motifs is 3. The quantitative estimate of drug-likeness (QED) is 0.573. The van der Waals surface area contributed by atoms with Gasteiger partial charge in [-0.15, -0.1) is 0 Å². The van der Waals surface area contributed by atoms with Gasteiger partial charge >= 0.3 is 11.6 Å². The monoisotopic (exact) mass is 371 g/mol. The van der Waals surface area contributed by atoms with E-state index in [1.54, 1.807) is 0 Å². The van der Waals surface area contributed by atoms with Crippen LogP contribution >= 0.6 is 0 Å². The highest BCUT2D eigenvalue weighted by Gasteiger charge is 2.34. The van der Waals surface area contributed by atoms with Gasteiger partial charge < -0.3 is 13.9 Å². The van der Waals surface area contributed by atoms with E-state index in [4.69, 9.17) is 13.9 Å². The van der Waals surface area contributed by atoms with E-state index in [0.29, 0.717) is 44.3 Å². The number of nitrogens with zero attached hydrogens (tertiary/aromatic N) is 1. The molecule has 1 saturated carbocycles. The molecule has 1 aromatic carbocycles. The van der Waals surface area contributed by atoms with Gasteiger partial charge in [0.05, 0.1) is 12.2 Å². The highest BCUT2D eigenvalue weighted by molar-refractivity contribution is 5.86. The summed E-state index contributed by atoms with van der Waals surface area (Å²) in [5.74, 6) is 0.564. The molecule has 4 rings (SSSR count). The Morgan fingerprint density at radius 1 is 1.33 bits per heavy atom. The molecule has 0 N–H and O–H groups in total. The lowest BCUT2D eigenvalue weighted by atomic mass is 9.97. The zero-order chi connectivity index (χ0) is 19.0. The number of benzene rings is 1. The van der Waals surface area contributed by atoms with Crippen molar-refractivity contribution in [2.45, 2.75) is 58.5 Å². The summed E-state index contributed by atoms with van der Waals surface area (Å²) in [5.41, 5.74) is 3.03. The van der Waals surface area contributed by atoms with Crippen LogP contribution in [0, 0.1) is 6.92 Å². The van der Waals surface area contributed by atoms with Crippen LogP contribution in [0.3, 0.4) is 0 Å². The van der Waals surface area contributed by atoms with Crippen molar-refractivity contribution in [2.75, 3.05) is 13.3 Å². The standard InChI is InChI=1S/C21H25NO5/c1-3-8-25-18(23)7-4-14-10-16-13(2)9-19(24)27-21(16)17-11-22(15-5-6-15)12-26-20(14)17/h9-10,15H,3-8,11-12H2,1-2H3. The molecule has 27 heavy (non-hydrogen) atoms. The summed E-state index contributed by atoms with van der Waals surface area (Å²) in [4.78, 5) is 26.2. The number of rotatable bonds is 6. The minimum absolute atomic E-state index is 0.197. The lowest BCUT2D eigenvalue weighted by Gasteiger charge is -2.31. The summed E-state index contributed by atoms with van der Waals surface area (Å²) >= 11 is 0. The summed E-state index contributed by atoms with van der Waals surface area (Å²) in [6, 6.07) is 4.06. The van der Waals surface area contributed by atoms with Crippen molar-refractivity contribution in [2.24, 2.45) is 0 Å². The lowest BCUT2D eigenvalue weighted by Crippen LogP contribution is -2.34. The second kappa shape index (κ2) is 7.35. The highest BCUT2D eigenvalue weighted by atomic mass is 16.5. The van der Waals surface area contributed by atoms with Crippen molar-refractivity contribution in [3.63, 3.8) is 0 Å². The van der Waals surface area contributed by atoms with E-state index in [1.807, 2.05) is 19.9 Å². The van der Waals surface area contributed by atoms with E-state index in [-0.39, 0.29) is 11.6 Å². The third-order valence-electron chi connectivity index (χ3n) is 5.23. The molecule has 144 valence electrons. The summed E-state index contributed by atoms with van der Waals surface area (Å²) in [6.07, 6.45) is 4.03. The highest BCUT2D eigenvalue weighted by Crippen LogP contribution is 2.40. The number of hydrogen-bond donors (Lipinski definition) is 0. The minimum atomic E-state index is -0.346. The normalized spacial score (nSPS) is 16.8. The number of ether oxygens (including phenoxy) is 2. The van der Waals surface area contributed by atoms with Gasteiger partial charge in [0, 0.05) is 30.5 Å². The average molecular weight is 371 g/mol. The Morgan fingerprint density at radius 2 is 2.15 bits per heavy atom. The third-order valence-corrected chi connectivity index (χ3v) is 5.23. The maximum atomic E-state index is 11.9. The molecule has 0 radical (unpaired) electrons. The molecule has 1 aromatic heterocycles. The molecule has 1 fully saturated rings. The van der Waals surface area contributed by atoms with Crippen molar-refractivity contribution in [1.29, 1.82) is 0 Å². The molecule has 6 nitrogen and oxygen atoms in total. The molecule has 6 heteroatoms. The second-order valence-corrected chi connectivity index (χ2v) is 7.44. The first kappa shape index (κ1) is 18.0. The zero-order valence-corrected chi connectivity index (χ0v) is 15.9. The molecule has 2 aliphatic rings. The summed E-state index contributed by atoms with van der Waals surface area (Å²) in [7, 11) is 0. The molecule has 2 heterocycles. The molecular formula is C21H25NO5. The first-order valence-corrected chi connectivity index (χ1v) is 9.68. The molecule has 1 aliphatic carbocycles. The molecule has 2 aromatic rings. The van der Waals surface area contributed by atoms with Gasteiger partial charge in [-0.25, -0.2) is 4.79 Å². The van der Waals surface area contributed by atoms with Gasteiger partial charge in [-0.1, -0.05) is 6.92 Å². The third kappa shape index (κ3) is 3.72. The van der Waals surface area contributed by atoms with Crippen LogP contribution in [0.15, 0.2) is 21.3 Å². The lowest BCUT2D eigenvalue weighted by molar-refractivity contribution is -0.143. The van der Waals surface area contributed by atoms with E-state index in [2.05, 4.69) is 4.90 Å². The molecule has 0 unspecified atom stereocenters. The maximum absolute atomic E-state index is 11.9. The van der Waals surface area contributed by atoms with Gasteiger partial charge in [0.1, 0.15) is 18.1 Å². The summed E-state index contributed by atoms with van der Waals surface area (Å²) in [6.45, 7) is 5.57. The smallest absolute Gasteiger partial charge is 0.336 e. The van der Waals surface area contributed by atoms with E-state index < -0.39 is 0 Å². The van der Waals surface area contributed by atoms with E-state index >= 15 is 0 Å². The number of esters is 1. The van der Waals surface area contributed by atoms with Crippen molar-refractivity contribution in [1.82, 2.24) is 4.90 Å². The van der Waals surface area contributed by atoms with E-state index in [9.17, 15) is 9.59 Å². The van der Waals surface area contributed by atoms with Crippen LogP contribution in [-0.2, 0) is 22.5 Å². The Labute approximate surface area is 158 Å². The molecular weight excluding hydrogens is 346 g/mol. The van der Waals surface area contributed by atoms with Crippen LogP contribution in [-0.4, -0.2) is 30.2 Å². The Bertz CT molecular complexity index is 928. The predicted octanol–water partition coefficient (Wildman–Crippen LogP) is 3.30.